The van der Waals surface area contributed by atoms with Crippen molar-refractivity contribution in [2.75, 3.05) is 0 Å². The van der Waals surface area contributed by atoms with E-state index in [9.17, 15) is 15.2 Å². The second-order valence-electron chi connectivity index (χ2n) is 5.81. The van der Waals surface area contributed by atoms with Crippen LogP contribution in [0.4, 0.5) is 0 Å². The number of hydrogen-bond donors (Lipinski definition) is 2. The molecular formula is C18H18N2O3. The van der Waals surface area contributed by atoms with Crippen molar-refractivity contribution in [3.8, 4) is 23.1 Å². The van der Waals surface area contributed by atoms with Crippen LogP contribution >= 0.6 is 0 Å². The fourth-order valence-electron chi connectivity index (χ4n) is 2.28. The van der Waals surface area contributed by atoms with Gasteiger partial charge in [-0.05, 0) is 36.5 Å². The molecule has 2 N–H and O–H groups in total. The van der Waals surface area contributed by atoms with E-state index in [-0.39, 0.29) is 11.3 Å². The van der Waals surface area contributed by atoms with Gasteiger partial charge in [0.05, 0.1) is 23.5 Å². The Bertz CT molecular complexity index is 776. The smallest absolute Gasteiger partial charge is 0.339 e. The first-order valence-electron chi connectivity index (χ1n) is 7.38. The molecule has 2 rings (SSSR count). The lowest BCUT2D eigenvalue weighted by Crippen LogP contribution is -1.99. The monoisotopic (exact) mass is 310 g/mol. The molecule has 0 atom stereocenters. The van der Waals surface area contributed by atoms with Gasteiger partial charge in [-0.3, -0.25) is 4.98 Å². The highest BCUT2D eigenvalue weighted by Crippen LogP contribution is 2.26. The van der Waals surface area contributed by atoms with Crippen molar-refractivity contribution < 1.29 is 15.0 Å². The molecule has 0 bridgehead atoms. The van der Waals surface area contributed by atoms with Gasteiger partial charge in [-0.25, -0.2) is 4.79 Å². The number of rotatable bonds is 5. The predicted octanol–water partition coefficient (Wildman–Crippen LogP) is 3.61. The second-order valence-corrected chi connectivity index (χ2v) is 5.81. The van der Waals surface area contributed by atoms with E-state index in [0.29, 0.717) is 22.7 Å². The summed E-state index contributed by atoms with van der Waals surface area (Å²) < 4.78 is 0. The first-order chi connectivity index (χ1) is 10.9. The van der Waals surface area contributed by atoms with Crippen molar-refractivity contribution in [2.45, 2.75) is 26.7 Å². The number of benzene rings is 1. The lowest BCUT2D eigenvalue weighted by atomic mass is 9.96. The van der Waals surface area contributed by atoms with E-state index in [0.717, 1.165) is 24.6 Å². The molecule has 0 unspecified atom stereocenters. The maximum atomic E-state index is 11.1. The van der Waals surface area contributed by atoms with Crippen molar-refractivity contribution in [3.63, 3.8) is 0 Å². The minimum atomic E-state index is -1.22. The molecule has 0 aliphatic rings. The van der Waals surface area contributed by atoms with Crippen LogP contribution in [0.25, 0.3) is 11.3 Å². The van der Waals surface area contributed by atoms with Crippen LogP contribution < -0.4 is 0 Å². The number of nitriles is 1. The summed E-state index contributed by atoms with van der Waals surface area (Å²) in [5.74, 6) is -1.05. The van der Waals surface area contributed by atoms with Gasteiger partial charge in [0.15, 0.2) is 0 Å². The largest absolute Gasteiger partial charge is 0.505 e. The van der Waals surface area contributed by atoms with E-state index in [1.165, 1.54) is 6.07 Å². The van der Waals surface area contributed by atoms with Gasteiger partial charge in [0.2, 0.25) is 0 Å². The van der Waals surface area contributed by atoms with E-state index in [1.54, 1.807) is 6.07 Å². The number of aromatic carboxylic acids is 1. The summed E-state index contributed by atoms with van der Waals surface area (Å²) in [4.78, 5) is 15.1. The third-order valence-electron chi connectivity index (χ3n) is 3.63. The molecule has 5 nitrogen and oxygen atoms in total. The molecule has 118 valence electrons. The topological polar surface area (TPSA) is 94.2 Å². The van der Waals surface area contributed by atoms with Gasteiger partial charge in [-0.15, -0.1) is 0 Å². The zero-order valence-electron chi connectivity index (χ0n) is 13.1. The lowest BCUT2D eigenvalue weighted by Gasteiger charge is -2.09. The molecule has 0 saturated carbocycles. The molecule has 0 saturated heterocycles. The molecule has 1 heterocycles. The molecule has 0 aliphatic heterocycles. The quantitative estimate of drug-likeness (QED) is 0.879. The van der Waals surface area contributed by atoms with E-state index in [4.69, 9.17) is 5.11 Å². The third kappa shape index (κ3) is 3.86. The summed E-state index contributed by atoms with van der Waals surface area (Å²) in [6, 6.07) is 8.90. The van der Waals surface area contributed by atoms with Crippen molar-refractivity contribution in [1.29, 1.82) is 5.26 Å². The number of carboxylic acid groups (broad SMARTS) is 1. The molecule has 1 aromatic carbocycles. The number of carboxylic acids is 1. The highest BCUT2D eigenvalue weighted by atomic mass is 16.4. The second kappa shape index (κ2) is 6.93. The Kier molecular flexibility index (Phi) is 4.97. The number of aromatic nitrogens is 1. The normalized spacial score (nSPS) is 10.5. The molecule has 0 radical (unpaired) electrons. The number of pyridine rings is 1. The summed E-state index contributed by atoms with van der Waals surface area (Å²) in [5.41, 5.74) is 2.39. The Morgan fingerprint density at radius 1 is 1.35 bits per heavy atom. The molecule has 23 heavy (non-hydrogen) atoms. The first-order valence-corrected chi connectivity index (χ1v) is 7.38. The fraction of sp³-hybridized carbons (Fsp3) is 0.278. The maximum Gasteiger partial charge on any atom is 0.339 e. The maximum absolute atomic E-state index is 11.1. The van der Waals surface area contributed by atoms with Crippen LogP contribution in [0, 0.1) is 17.2 Å². The minimum Gasteiger partial charge on any atom is -0.505 e. The molecule has 2 aromatic rings. The Morgan fingerprint density at radius 2 is 2.09 bits per heavy atom. The van der Waals surface area contributed by atoms with Crippen molar-refractivity contribution in [3.05, 3.63) is 47.2 Å². The van der Waals surface area contributed by atoms with E-state index in [1.807, 2.05) is 12.1 Å². The van der Waals surface area contributed by atoms with Crippen molar-refractivity contribution >= 4 is 5.97 Å². The Morgan fingerprint density at radius 3 is 2.70 bits per heavy atom. The highest BCUT2D eigenvalue weighted by Gasteiger charge is 2.13. The van der Waals surface area contributed by atoms with Crippen LogP contribution in [0.15, 0.2) is 30.5 Å². The molecule has 5 heteroatoms. The Labute approximate surface area is 134 Å². The Hall–Kier alpha value is -2.87. The van der Waals surface area contributed by atoms with Gasteiger partial charge < -0.3 is 10.2 Å². The minimum absolute atomic E-state index is 0.211. The standard InChI is InChI=1S/C18H18N2O3/c1-11(2)3-4-12-5-6-13(7-14(12)9-19)16-8-15(18(22)23)17(21)10-20-16/h5-8,10-11,21H,3-4H2,1-2H3,(H,22,23). The van der Waals surface area contributed by atoms with Crippen molar-refractivity contribution in [1.82, 2.24) is 4.98 Å². The summed E-state index contributed by atoms with van der Waals surface area (Å²) in [6.07, 6.45) is 2.93. The third-order valence-corrected chi connectivity index (χ3v) is 3.63. The summed E-state index contributed by atoms with van der Waals surface area (Å²) >= 11 is 0. The number of aromatic hydroxyl groups is 1. The lowest BCUT2D eigenvalue weighted by molar-refractivity contribution is 0.0693. The Balaban J connectivity index is 2.40. The van der Waals surface area contributed by atoms with Crippen LogP contribution in [0.3, 0.4) is 0 Å². The number of aryl methyl sites for hydroxylation is 1. The van der Waals surface area contributed by atoms with Crippen molar-refractivity contribution in [2.24, 2.45) is 5.92 Å². The SMILES string of the molecule is CC(C)CCc1ccc(-c2cc(C(=O)O)c(O)cn2)cc1C#N. The number of hydrogen-bond acceptors (Lipinski definition) is 4. The molecule has 0 aliphatic carbocycles. The zero-order valence-corrected chi connectivity index (χ0v) is 13.1. The summed E-state index contributed by atoms with van der Waals surface area (Å²) in [5, 5.41) is 27.9. The van der Waals surface area contributed by atoms with Crippen LogP contribution in [0.2, 0.25) is 0 Å². The average Bonchev–Trinajstić information content (AvgIpc) is 2.52. The van der Waals surface area contributed by atoms with Gasteiger partial charge in [-0.1, -0.05) is 26.0 Å². The number of nitrogens with zero attached hydrogens (tertiary/aromatic N) is 2. The van der Waals surface area contributed by atoms with E-state index < -0.39 is 5.97 Å². The van der Waals surface area contributed by atoms with Crippen LogP contribution in [-0.4, -0.2) is 21.2 Å². The van der Waals surface area contributed by atoms with Gasteiger partial charge >= 0.3 is 5.97 Å². The van der Waals surface area contributed by atoms with Gasteiger partial charge in [0, 0.05) is 5.56 Å². The van der Waals surface area contributed by atoms with Crippen LogP contribution in [-0.2, 0) is 6.42 Å². The molecule has 0 amide bonds. The summed E-state index contributed by atoms with van der Waals surface area (Å²) in [6.45, 7) is 4.27. The van der Waals surface area contributed by atoms with Crippen LogP contribution in [0.1, 0.15) is 41.8 Å². The van der Waals surface area contributed by atoms with E-state index in [2.05, 4.69) is 24.9 Å². The molecular weight excluding hydrogens is 292 g/mol. The molecule has 0 fully saturated rings. The average molecular weight is 310 g/mol. The molecule has 0 spiro atoms. The van der Waals surface area contributed by atoms with Crippen LogP contribution in [0.5, 0.6) is 5.75 Å². The van der Waals surface area contributed by atoms with Gasteiger partial charge in [0.25, 0.3) is 0 Å². The number of carbonyl (C=O) groups is 1. The zero-order chi connectivity index (χ0) is 17.0. The molecule has 1 aromatic heterocycles. The fourth-order valence-corrected chi connectivity index (χ4v) is 2.28. The first kappa shape index (κ1) is 16.5. The summed E-state index contributed by atoms with van der Waals surface area (Å²) in [7, 11) is 0. The predicted molar refractivity (Wildman–Crippen MR) is 86.2 cm³/mol. The van der Waals surface area contributed by atoms with Gasteiger partial charge in [-0.2, -0.15) is 5.26 Å². The van der Waals surface area contributed by atoms with E-state index >= 15 is 0 Å². The van der Waals surface area contributed by atoms with Gasteiger partial charge in [0.1, 0.15) is 11.3 Å². The highest BCUT2D eigenvalue weighted by molar-refractivity contribution is 5.91.